The molecule has 2 aliphatic heterocycles. The molecule has 2 heterocycles. The van der Waals surface area contributed by atoms with Crippen LogP contribution in [0.2, 0.25) is 0 Å². The third-order valence-corrected chi connectivity index (χ3v) is 4.95. The Kier molecular flexibility index (Phi) is 4.83. The Morgan fingerprint density at radius 1 is 1.42 bits per heavy atom. The Balaban J connectivity index is 1.80. The van der Waals surface area contributed by atoms with Gasteiger partial charge in [0.15, 0.2) is 0 Å². The van der Waals surface area contributed by atoms with Crippen molar-refractivity contribution in [3.05, 3.63) is 35.5 Å². The van der Waals surface area contributed by atoms with Gasteiger partial charge in [-0.3, -0.25) is 4.79 Å². The molecule has 0 aromatic heterocycles. The third-order valence-electron chi connectivity index (χ3n) is 4.95. The van der Waals surface area contributed by atoms with Gasteiger partial charge in [-0.1, -0.05) is 19.1 Å². The van der Waals surface area contributed by atoms with E-state index in [0.29, 0.717) is 6.42 Å². The second-order valence-electron chi connectivity index (χ2n) is 7.23. The monoisotopic (exact) mass is 328 g/mol. The van der Waals surface area contributed by atoms with Crippen molar-refractivity contribution in [3.63, 3.8) is 0 Å². The highest BCUT2D eigenvalue weighted by atomic mass is 16.6. The lowest BCUT2D eigenvalue weighted by Crippen LogP contribution is -2.42. The number of hydrogen-bond acceptors (Lipinski definition) is 4. The van der Waals surface area contributed by atoms with Crippen LogP contribution in [0.4, 0.5) is 5.69 Å². The summed E-state index contributed by atoms with van der Waals surface area (Å²) in [7, 11) is 4.11. The number of anilines is 1. The molecule has 0 amide bonds. The molecular formula is C20H28N2O2. The van der Waals surface area contributed by atoms with Crippen molar-refractivity contribution >= 4 is 17.7 Å². The fraction of sp³-hybridized carbons (Fsp3) is 0.550. The Morgan fingerprint density at radius 2 is 2.25 bits per heavy atom. The molecule has 1 atom stereocenters. The number of nitrogens with zero attached hydrogens (tertiary/aromatic N) is 2. The average Bonchev–Trinajstić information content (AvgIpc) is 2.77. The zero-order valence-corrected chi connectivity index (χ0v) is 15.0. The second-order valence-corrected chi connectivity index (χ2v) is 7.23. The summed E-state index contributed by atoms with van der Waals surface area (Å²) >= 11 is 0. The Hall–Kier alpha value is -1.97. The van der Waals surface area contributed by atoms with Crippen LogP contribution >= 0.6 is 0 Å². The van der Waals surface area contributed by atoms with Gasteiger partial charge in [-0.15, -0.1) is 0 Å². The predicted molar refractivity (Wildman–Crippen MR) is 97.9 cm³/mol. The number of hydrogen-bond donors (Lipinski definition) is 0. The highest BCUT2D eigenvalue weighted by molar-refractivity contribution is 5.70. The molecule has 2 saturated heterocycles. The number of fused-ring (bicyclic) bond motifs is 2. The summed E-state index contributed by atoms with van der Waals surface area (Å²) in [6.07, 6.45) is 6.54. The summed E-state index contributed by atoms with van der Waals surface area (Å²) < 4.78 is 5.91. The minimum absolute atomic E-state index is 0.0461. The second kappa shape index (κ2) is 6.88. The van der Waals surface area contributed by atoms with E-state index in [1.54, 1.807) is 0 Å². The van der Waals surface area contributed by atoms with Gasteiger partial charge in [0.25, 0.3) is 0 Å². The van der Waals surface area contributed by atoms with Crippen LogP contribution in [0.25, 0.3) is 6.08 Å². The van der Waals surface area contributed by atoms with Crippen LogP contribution in [0.1, 0.15) is 44.6 Å². The van der Waals surface area contributed by atoms with E-state index in [9.17, 15) is 4.79 Å². The molecule has 4 nitrogen and oxygen atoms in total. The van der Waals surface area contributed by atoms with E-state index in [-0.39, 0.29) is 11.6 Å². The lowest BCUT2D eigenvalue weighted by molar-refractivity contribution is -0.160. The van der Waals surface area contributed by atoms with Crippen molar-refractivity contribution < 1.29 is 9.53 Å². The van der Waals surface area contributed by atoms with E-state index < -0.39 is 0 Å². The molecule has 1 unspecified atom stereocenters. The maximum atomic E-state index is 12.0. The smallest absolute Gasteiger partial charge is 0.306 e. The molecule has 24 heavy (non-hydrogen) atoms. The minimum atomic E-state index is -0.296. The van der Waals surface area contributed by atoms with Crippen molar-refractivity contribution in [3.8, 4) is 0 Å². The maximum absolute atomic E-state index is 12.0. The largest absolute Gasteiger partial charge is 0.457 e. The van der Waals surface area contributed by atoms with Crippen LogP contribution < -0.4 is 4.90 Å². The molecule has 0 saturated carbocycles. The van der Waals surface area contributed by atoms with E-state index in [1.807, 2.05) is 6.92 Å². The zero-order valence-electron chi connectivity index (χ0n) is 15.0. The molecule has 0 spiro atoms. The molecule has 1 aromatic carbocycles. The summed E-state index contributed by atoms with van der Waals surface area (Å²) in [5.74, 6) is -0.0461. The predicted octanol–water partition coefficient (Wildman–Crippen LogP) is 3.68. The number of esters is 1. The number of piperidine rings is 1. The van der Waals surface area contributed by atoms with E-state index in [2.05, 4.69) is 54.2 Å². The first-order valence-corrected chi connectivity index (χ1v) is 8.96. The quantitative estimate of drug-likeness (QED) is 0.772. The molecule has 3 rings (SSSR count). The Bertz CT molecular complexity index is 638. The number of benzene rings is 1. The molecule has 2 aliphatic rings. The molecule has 130 valence electrons. The summed E-state index contributed by atoms with van der Waals surface area (Å²) in [5.41, 5.74) is 3.41. The molecule has 0 N–H and O–H groups in total. The molecule has 2 fully saturated rings. The molecule has 2 bridgehead atoms. The highest BCUT2D eigenvalue weighted by Gasteiger charge is 2.46. The summed E-state index contributed by atoms with van der Waals surface area (Å²) in [6, 6.07) is 8.55. The van der Waals surface area contributed by atoms with Crippen LogP contribution in [0.15, 0.2) is 30.0 Å². The van der Waals surface area contributed by atoms with Crippen LogP contribution in [0.5, 0.6) is 0 Å². The summed E-state index contributed by atoms with van der Waals surface area (Å²) in [4.78, 5) is 16.5. The molecule has 0 radical (unpaired) electrons. The number of rotatable bonds is 5. The number of carbonyl (C=O) groups is 1. The third kappa shape index (κ3) is 3.58. The first-order chi connectivity index (χ1) is 11.5. The molecule has 1 aromatic rings. The molecule has 0 aliphatic carbocycles. The normalized spacial score (nSPS) is 24.3. The van der Waals surface area contributed by atoms with Crippen molar-refractivity contribution in [2.24, 2.45) is 0 Å². The Labute approximate surface area is 145 Å². The van der Waals surface area contributed by atoms with Gasteiger partial charge in [0.05, 0.1) is 6.54 Å². The van der Waals surface area contributed by atoms with E-state index in [0.717, 1.165) is 38.8 Å². The molecule has 4 heteroatoms. The Morgan fingerprint density at radius 3 is 3.00 bits per heavy atom. The molecular weight excluding hydrogens is 300 g/mol. The summed E-state index contributed by atoms with van der Waals surface area (Å²) in [5, 5.41) is 0. The standard InChI is InChI=1S/C20H28N2O2/c1-4-7-19(23)24-20-10-6-11-22(15-20)18(14-20)13-16-8-5-9-17(12-16)21(2)3/h5,8-9,12-13H,4,6-7,10-11,14-15H2,1-3H3/b18-13+. The first-order valence-electron chi connectivity index (χ1n) is 8.96. The van der Waals surface area contributed by atoms with E-state index >= 15 is 0 Å². The van der Waals surface area contributed by atoms with Crippen molar-refractivity contribution in [2.45, 2.75) is 44.6 Å². The van der Waals surface area contributed by atoms with Gasteiger partial charge in [0.1, 0.15) is 5.60 Å². The van der Waals surface area contributed by atoms with Crippen LogP contribution in [0.3, 0.4) is 0 Å². The fourth-order valence-corrected chi connectivity index (χ4v) is 3.77. The van der Waals surface area contributed by atoms with Gasteiger partial charge in [-0.25, -0.2) is 0 Å². The van der Waals surface area contributed by atoms with Crippen LogP contribution in [0, 0.1) is 0 Å². The number of ether oxygens (including phenoxy) is 1. The topological polar surface area (TPSA) is 32.8 Å². The zero-order chi connectivity index (χ0) is 17.2. The fourth-order valence-electron chi connectivity index (χ4n) is 3.77. The lowest BCUT2D eigenvalue weighted by atomic mass is 9.94. The van der Waals surface area contributed by atoms with Crippen LogP contribution in [-0.4, -0.2) is 43.7 Å². The van der Waals surface area contributed by atoms with Gasteiger partial charge in [0.2, 0.25) is 0 Å². The lowest BCUT2D eigenvalue weighted by Gasteiger charge is -2.33. The highest BCUT2D eigenvalue weighted by Crippen LogP contribution is 2.41. The number of carbonyl (C=O) groups excluding carboxylic acids is 1. The van der Waals surface area contributed by atoms with Gasteiger partial charge < -0.3 is 14.5 Å². The minimum Gasteiger partial charge on any atom is -0.457 e. The van der Waals surface area contributed by atoms with Crippen molar-refractivity contribution in [1.29, 1.82) is 0 Å². The van der Waals surface area contributed by atoms with Gasteiger partial charge in [-0.05, 0) is 43.0 Å². The van der Waals surface area contributed by atoms with Crippen molar-refractivity contribution in [1.82, 2.24) is 4.90 Å². The first kappa shape index (κ1) is 16.9. The van der Waals surface area contributed by atoms with Gasteiger partial charge >= 0.3 is 5.97 Å². The van der Waals surface area contributed by atoms with E-state index in [4.69, 9.17) is 4.74 Å². The van der Waals surface area contributed by atoms with Gasteiger partial charge in [-0.2, -0.15) is 0 Å². The van der Waals surface area contributed by atoms with E-state index in [1.165, 1.54) is 16.9 Å². The van der Waals surface area contributed by atoms with Gasteiger partial charge in [0, 0.05) is 44.9 Å². The SMILES string of the molecule is CCCC(=O)OC12CCCN(C1)/C(=C/c1cccc(N(C)C)c1)C2. The maximum Gasteiger partial charge on any atom is 0.306 e. The average molecular weight is 328 g/mol. The van der Waals surface area contributed by atoms with Crippen LogP contribution in [-0.2, 0) is 9.53 Å². The van der Waals surface area contributed by atoms with Crippen molar-refractivity contribution in [2.75, 3.05) is 32.1 Å². The summed E-state index contributed by atoms with van der Waals surface area (Å²) in [6.45, 7) is 3.93.